The molecular weight excluding hydrogens is 474 g/mol. The number of Topliss-reactive ketones (excluding diaryl/α,β-unsaturated/α-hetero) is 1. The third-order valence-corrected chi connectivity index (χ3v) is 8.24. The van der Waals surface area contributed by atoms with E-state index in [9.17, 15) is 14.4 Å². The maximum absolute atomic E-state index is 13.9. The lowest BCUT2D eigenvalue weighted by atomic mass is 9.93. The van der Waals surface area contributed by atoms with Gasteiger partial charge in [0.15, 0.2) is 5.78 Å². The van der Waals surface area contributed by atoms with Crippen molar-refractivity contribution < 1.29 is 19.1 Å². The first kappa shape index (κ1) is 25.5. The molecule has 11 heteroatoms. The number of rotatable bonds is 7. The van der Waals surface area contributed by atoms with Gasteiger partial charge < -0.3 is 19.9 Å². The van der Waals surface area contributed by atoms with Crippen LogP contribution in [0.4, 0.5) is 5.69 Å². The molecule has 37 heavy (non-hydrogen) atoms. The molecule has 4 fully saturated rings. The first-order chi connectivity index (χ1) is 18.0. The van der Waals surface area contributed by atoms with E-state index in [0.717, 1.165) is 57.7 Å². The van der Waals surface area contributed by atoms with E-state index in [0.29, 0.717) is 18.4 Å². The number of ether oxygens (including phenoxy) is 1. The van der Waals surface area contributed by atoms with Crippen LogP contribution in [-0.4, -0.2) is 97.0 Å². The number of carbonyl (C=O) groups is 3. The lowest BCUT2D eigenvalue weighted by Gasteiger charge is -2.36. The van der Waals surface area contributed by atoms with Crippen LogP contribution in [0.3, 0.4) is 0 Å². The van der Waals surface area contributed by atoms with Crippen molar-refractivity contribution in [3.05, 3.63) is 40.3 Å². The van der Waals surface area contributed by atoms with Crippen LogP contribution in [0.25, 0.3) is 10.4 Å². The van der Waals surface area contributed by atoms with Crippen molar-refractivity contribution in [1.82, 2.24) is 15.1 Å². The minimum Gasteiger partial charge on any atom is -0.369 e. The maximum Gasteiger partial charge on any atom is 0.252 e. The second-order valence-electron chi connectivity index (χ2n) is 10.5. The van der Waals surface area contributed by atoms with Crippen LogP contribution in [0, 0.1) is 0 Å². The number of ketones is 1. The number of hydrogen-bond acceptors (Lipinski definition) is 7. The van der Waals surface area contributed by atoms with Gasteiger partial charge in [0, 0.05) is 48.9 Å². The number of nitrogens with zero attached hydrogens (tertiary/aromatic N) is 6. The van der Waals surface area contributed by atoms with Crippen molar-refractivity contribution >= 4 is 23.3 Å². The SMILES string of the molecule is CCCN1CCN(c2ccc(C(=O)NC3(C(=O)N4C[C@@H](N=[N+]=[N-])[C@H]5OCC(=O)[C@H]54)CCCC3)cc2)CC1. The molecule has 1 saturated carbocycles. The second-order valence-corrected chi connectivity index (χ2v) is 10.5. The molecule has 198 valence electrons. The molecule has 0 bridgehead atoms. The molecule has 3 aliphatic heterocycles. The van der Waals surface area contributed by atoms with Crippen molar-refractivity contribution in [2.75, 3.05) is 50.8 Å². The van der Waals surface area contributed by atoms with Gasteiger partial charge in [-0.2, -0.15) is 0 Å². The van der Waals surface area contributed by atoms with Gasteiger partial charge in [-0.25, -0.2) is 0 Å². The normalized spacial score (nSPS) is 27.2. The molecule has 1 aromatic rings. The fraction of sp³-hybridized carbons (Fsp3) is 0.654. The van der Waals surface area contributed by atoms with E-state index in [1.165, 1.54) is 4.90 Å². The van der Waals surface area contributed by atoms with E-state index in [4.69, 9.17) is 10.3 Å². The van der Waals surface area contributed by atoms with Crippen LogP contribution in [0.5, 0.6) is 0 Å². The molecule has 1 aliphatic carbocycles. The summed E-state index contributed by atoms with van der Waals surface area (Å²) in [6.45, 7) is 7.32. The molecule has 4 aliphatic rings. The number of piperazine rings is 1. The first-order valence-corrected chi connectivity index (χ1v) is 13.4. The van der Waals surface area contributed by atoms with Crippen LogP contribution >= 0.6 is 0 Å². The van der Waals surface area contributed by atoms with Gasteiger partial charge in [0.2, 0.25) is 5.91 Å². The largest absolute Gasteiger partial charge is 0.369 e. The highest BCUT2D eigenvalue weighted by atomic mass is 16.5. The van der Waals surface area contributed by atoms with Crippen molar-refractivity contribution in [2.45, 2.75) is 62.8 Å². The summed E-state index contributed by atoms with van der Waals surface area (Å²) >= 11 is 0. The molecular formula is C26H35N7O4. The summed E-state index contributed by atoms with van der Waals surface area (Å²) in [6.07, 6.45) is 3.16. The van der Waals surface area contributed by atoms with Crippen LogP contribution < -0.4 is 10.2 Å². The Morgan fingerprint density at radius 1 is 1.16 bits per heavy atom. The van der Waals surface area contributed by atoms with Gasteiger partial charge in [-0.15, -0.1) is 0 Å². The van der Waals surface area contributed by atoms with Crippen LogP contribution in [0.1, 0.15) is 49.4 Å². The van der Waals surface area contributed by atoms with E-state index in [-0.39, 0.29) is 30.7 Å². The zero-order valence-electron chi connectivity index (χ0n) is 21.3. The number of nitrogens with one attached hydrogen (secondary N) is 1. The molecule has 0 spiro atoms. The summed E-state index contributed by atoms with van der Waals surface area (Å²) in [7, 11) is 0. The highest BCUT2D eigenvalue weighted by Gasteiger charge is 2.56. The van der Waals surface area contributed by atoms with Crippen molar-refractivity contribution in [3.63, 3.8) is 0 Å². The highest BCUT2D eigenvalue weighted by molar-refractivity contribution is 6.01. The van der Waals surface area contributed by atoms with E-state index in [2.05, 4.69) is 32.1 Å². The van der Waals surface area contributed by atoms with Gasteiger partial charge in [-0.3, -0.25) is 19.3 Å². The smallest absolute Gasteiger partial charge is 0.252 e. The van der Waals surface area contributed by atoms with Crippen molar-refractivity contribution in [1.29, 1.82) is 0 Å². The highest BCUT2D eigenvalue weighted by Crippen LogP contribution is 2.37. The lowest BCUT2D eigenvalue weighted by molar-refractivity contribution is -0.142. The summed E-state index contributed by atoms with van der Waals surface area (Å²) in [5, 5.41) is 6.81. The zero-order chi connectivity index (χ0) is 26.0. The Labute approximate surface area is 216 Å². The van der Waals surface area contributed by atoms with Gasteiger partial charge in [0.05, 0.1) is 12.1 Å². The number of carbonyl (C=O) groups excluding carboxylic acids is 3. The summed E-state index contributed by atoms with van der Waals surface area (Å²) in [5.74, 6) is -0.783. The minimum absolute atomic E-state index is 0.101. The molecule has 1 N–H and O–H groups in total. The summed E-state index contributed by atoms with van der Waals surface area (Å²) < 4.78 is 5.56. The van der Waals surface area contributed by atoms with Gasteiger partial charge >= 0.3 is 0 Å². The van der Waals surface area contributed by atoms with E-state index >= 15 is 0 Å². The van der Waals surface area contributed by atoms with Gasteiger partial charge in [-0.05, 0) is 55.6 Å². The lowest BCUT2D eigenvalue weighted by Crippen LogP contribution is -2.60. The van der Waals surface area contributed by atoms with Crippen LogP contribution in [0.15, 0.2) is 29.4 Å². The predicted octanol–water partition coefficient (Wildman–Crippen LogP) is 2.12. The average molecular weight is 510 g/mol. The van der Waals surface area contributed by atoms with Crippen LogP contribution in [0.2, 0.25) is 0 Å². The number of benzene rings is 1. The summed E-state index contributed by atoms with van der Waals surface area (Å²) in [5.41, 5.74) is 9.44. The molecule has 1 aromatic carbocycles. The Kier molecular flexibility index (Phi) is 7.37. The number of anilines is 1. The standard InChI is InChI=1S/C26H35N7O4/c1-2-11-31-12-14-32(15-13-31)19-7-5-18(6-8-19)24(35)28-26(9-3-4-10-26)25(36)33-16-20(29-30-27)23-22(33)21(34)17-37-23/h5-8,20,22-23H,2-4,9-17H2,1H3,(H,28,35)/t20-,22-,23-/m1/s1. The Hall–Kier alpha value is -3.14. The van der Waals surface area contributed by atoms with E-state index < -0.39 is 23.7 Å². The molecule has 5 rings (SSSR count). The molecule has 0 aromatic heterocycles. The monoisotopic (exact) mass is 509 g/mol. The number of azide groups is 1. The average Bonchev–Trinajstić information content (AvgIpc) is 3.63. The topological polar surface area (TPSA) is 131 Å². The molecule has 2 amide bonds. The molecule has 0 radical (unpaired) electrons. The molecule has 11 nitrogen and oxygen atoms in total. The second kappa shape index (κ2) is 10.7. The molecule has 3 heterocycles. The Morgan fingerprint density at radius 3 is 2.51 bits per heavy atom. The van der Waals surface area contributed by atoms with Crippen LogP contribution in [-0.2, 0) is 14.3 Å². The number of fused-ring (bicyclic) bond motifs is 1. The minimum atomic E-state index is -1.08. The quantitative estimate of drug-likeness (QED) is 0.340. The number of likely N-dealkylation sites (tertiary alicyclic amines) is 1. The first-order valence-electron chi connectivity index (χ1n) is 13.4. The van der Waals surface area contributed by atoms with E-state index in [1.807, 2.05) is 24.3 Å². The van der Waals surface area contributed by atoms with Gasteiger partial charge in [-0.1, -0.05) is 24.9 Å². The third kappa shape index (κ3) is 4.91. The number of hydrogen-bond donors (Lipinski definition) is 1. The predicted molar refractivity (Wildman–Crippen MR) is 137 cm³/mol. The summed E-state index contributed by atoms with van der Waals surface area (Å²) in [4.78, 5) is 48.9. The van der Waals surface area contributed by atoms with Crippen molar-refractivity contribution in [2.24, 2.45) is 5.11 Å². The molecule has 3 atom stereocenters. The van der Waals surface area contributed by atoms with Gasteiger partial charge in [0.25, 0.3) is 5.91 Å². The van der Waals surface area contributed by atoms with Crippen molar-refractivity contribution in [3.8, 4) is 0 Å². The summed E-state index contributed by atoms with van der Waals surface area (Å²) in [6, 6.07) is 6.18. The molecule has 3 saturated heterocycles. The maximum atomic E-state index is 13.9. The fourth-order valence-corrected chi connectivity index (χ4v) is 6.31. The third-order valence-electron chi connectivity index (χ3n) is 8.24. The number of amides is 2. The Bertz CT molecular complexity index is 1070. The Morgan fingerprint density at radius 2 is 1.86 bits per heavy atom. The Balaban J connectivity index is 1.28. The van der Waals surface area contributed by atoms with E-state index in [1.54, 1.807) is 0 Å². The fourth-order valence-electron chi connectivity index (χ4n) is 6.31. The van der Waals surface area contributed by atoms with Gasteiger partial charge in [0.1, 0.15) is 18.2 Å². The molecule has 0 unspecified atom stereocenters. The zero-order valence-corrected chi connectivity index (χ0v) is 21.3.